The van der Waals surface area contributed by atoms with E-state index < -0.39 is 200 Å². The van der Waals surface area contributed by atoms with Gasteiger partial charge in [0.1, 0.15) is 48.3 Å². The number of hydrogen-bond donors (Lipinski definition) is 15. The highest BCUT2D eigenvalue weighted by Gasteiger charge is 2.45. The second-order valence-electron chi connectivity index (χ2n) is 23.7. The van der Waals surface area contributed by atoms with Crippen LogP contribution in [0.2, 0.25) is 0 Å². The Morgan fingerprint density at radius 2 is 1.39 bits per heavy atom. The third-order valence-corrected chi connectivity index (χ3v) is 17.6. The van der Waals surface area contributed by atoms with E-state index in [1.807, 2.05) is 0 Å². The minimum Gasteiger partial charge on any atom is -0.394 e. The first-order valence-corrected chi connectivity index (χ1v) is 31.5. The zero-order chi connectivity index (χ0) is 68.0. The van der Waals surface area contributed by atoms with Gasteiger partial charge in [-0.05, 0) is 48.1 Å². The average Bonchev–Trinajstić information content (AvgIpc) is 1.70. The zero-order valence-corrected chi connectivity index (χ0v) is 52.9. The number of para-hydroxylation sites is 1. The molecule has 12 atom stereocenters. The maximum Gasteiger partial charge on any atom is 0.253 e. The van der Waals surface area contributed by atoms with Gasteiger partial charge < -0.3 is 83.7 Å². The molecule has 0 aliphatic carbocycles. The molecule has 5 heterocycles. The molecule has 1 fully saturated rings. The summed E-state index contributed by atoms with van der Waals surface area (Å²) in [7, 11) is 0. The number of H-pyrrole nitrogens is 1. The fourth-order valence-corrected chi connectivity index (χ4v) is 11.9. The van der Waals surface area contributed by atoms with Crippen LogP contribution < -0.4 is 58.5 Å². The number of aromatic nitrogens is 1. The van der Waals surface area contributed by atoms with Crippen LogP contribution in [0.5, 0.6) is 0 Å². The van der Waals surface area contributed by atoms with Crippen LogP contribution in [0, 0.1) is 17.8 Å². The van der Waals surface area contributed by atoms with E-state index in [4.69, 9.17) is 0 Å². The summed E-state index contributed by atoms with van der Waals surface area (Å²) in [4.78, 5) is 197. The van der Waals surface area contributed by atoms with E-state index in [2.05, 4.69) is 63.5 Å². The summed E-state index contributed by atoms with van der Waals surface area (Å²) in [5.41, 5.74) is 1.68. The number of aliphatic hydroxyl groups is 3. The highest BCUT2D eigenvalue weighted by atomic mass is 32.2. The van der Waals surface area contributed by atoms with Gasteiger partial charge in [0.15, 0.2) is 0 Å². The molecule has 1 saturated heterocycles. The van der Waals surface area contributed by atoms with Crippen LogP contribution in [0.25, 0.3) is 10.9 Å². The van der Waals surface area contributed by atoms with Crippen LogP contribution in [-0.4, -0.2) is 212 Å². The fraction of sp³-hybridized carbons (Fsp3) is 0.508. The number of anilines is 1. The van der Waals surface area contributed by atoms with Gasteiger partial charge in [-0.1, -0.05) is 71.4 Å². The number of thioether (sulfide) groups is 1. The van der Waals surface area contributed by atoms with Gasteiger partial charge in [0.2, 0.25) is 70.9 Å². The average molecular weight is 1310 g/mol. The van der Waals surface area contributed by atoms with Crippen molar-refractivity contribution < 1.29 is 82.4 Å². The summed E-state index contributed by atoms with van der Waals surface area (Å²) in [6, 6.07) is 1.18. The third kappa shape index (κ3) is 18.7. The Bertz CT molecular complexity index is 3380. The monoisotopic (exact) mass is 1310 g/mol. The molecule has 0 spiro atoms. The molecule has 32 heteroatoms. The van der Waals surface area contributed by atoms with Crippen LogP contribution in [0.15, 0.2) is 65.7 Å². The smallest absolute Gasteiger partial charge is 0.253 e. The highest BCUT2D eigenvalue weighted by molar-refractivity contribution is 7.99. The van der Waals surface area contributed by atoms with Crippen molar-refractivity contribution in [2.45, 2.75) is 146 Å². The molecular weight excluding hydrogens is 1230 g/mol. The number of imide groups is 1. The predicted octanol–water partition coefficient (Wildman–Crippen LogP) is -3.91. The molecule has 93 heavy (non-hydrogen) atoms. The summed E-state index contributed by atoms with van der Waals surface area (Å²) in [6.07, 6.45) is -2.30. The summed E-state index contributed by atoms with van der Waals surface area (Å²) < 4.78 is 0. The first-order valence-electron chi connectivity index (χ1n) is 30.5. The summed E-state index contributed by atoms with van der Waals surface area (Å²) >= 11 is 0.989. The van der Waals surface area contributed by atoms with E-state index >= 15 is 4.79 Å². The number of rotatable bonds is 18. The van der Waals surface area contributed by atoms with Gasteiger partial charge in [-0.2, -0.15) is 0 Å². The largest absolute Gasteiger partial charge is 0.394 e. The van der Waals surface area contributed by atoms with Crippen LogP contribution in [0.3, 0.4) is 0 Å². The predicted molar refractivity (Wildman–Crippen MR) is 333 cm³/mol. The molecule has 4 aliphatic rings. The number of fused-ring (bicyclic) bond motifs is 5. The van der Waals surface area contributed by atoms with Crippen molar-refractivity contribution in [3.63, 3.8) is 0 Å². The Hall–Kier alpha value is -9.27. The van der Waals surface area contributed by atoms with Crippen LogP contribution in [0.1, 0.15) is 78.4 Å². The first kappa shape index (κ1) is 71.2. The van der Waals surface area contributed by atoms with Crippen molar-refractivity contribution in [2.24, 2.45) is 17.8 Å². The Balaban J connectivity index is 1.14. The van der Waals surface area contributed by atoms with Crippen molar-refractivity contribution in [3.8, 4) is 0 Å². The number of amides is 14. The minimum absolute atomic E-state index is 0.190. The van der Waals surface area contributed by atoms with E-state index in [0.29, 0.717) is 33.5 Å². The lowest BCUT2D eigenvalue weighted by Gasteiger charge is -2.33. The molecule has 1 aromatic heterocycles. The lowest BCUT2D eigenvalue weighted by molar-refractivity contribution is -0.144. The van der Waals surface area contributed by atoms with Crippen molar-refractivity contribution in [3.05, 3.63) is 71.8 Å². The zero-order valence-electron chi connectivity index (χ0n) is 52.1. The molecule has 14 amide bonds. The molecule has 31 nitrogen and oxygen atoms in total. The molecule has 0 radical (unpaired) electrons. The van der Waals surface area contributed by atoms with E-state index in [-0.39, 0.29) is 37.4 Å². The van der Waals surface area contributed by atoms with Gasteiger partial charge in [0.25, 0.3) is 11.8 Å². The van der Waals surface area contributed by atoms with Gasteiger partial charge in [0.05, 0.1) is 43.4 Å². The molecular formula is C61H80N14O17S. The quantitative estimate of drug-likeness (QED) is 0.0541. The van der Waals surface area contributed by atoms with E-state index in [0.717, 1.165) is 33.7 Å². The molecule has 7 rings (SSSR count). The van der Waals surface area contributed by atoms with Crippen LogP contribution >= 0.6 is 11.8 Å². The van der Waals surface area contributed by atoms with Gasteiger partial charge in [-0.3, -0.25) is 72.0 Å². The first-order chi connectivity index (χ1) is 44.2. The number of carbonyl (C=O) groups is 14. The second kappa shape index (κ2) is 32.3. The number of nitrogens with zero attached hydrogens (tertiary/aromatic N) is 2. The van der Waals surface area contributed by atoms with Gasteiger partial charge >= 0.3 is 0 Å². The number of aromatic amines is 1. The molecule has 15 N–H and O–H groups in total. The van der Waals surface area contributed by atoms with Crippen LogP contribution in [0.4, 0.5) is 5.69 Å². The SMILES string of the molecule is CC[C@H](C)[C@@H]1NC(=O)CNC(=O)C2Cc3c([nH]c4ccccc34)SCC(NC(=O)CNC1=O)C(=O)N[C@@H](CC(=O)NCc1ccc(NC(=O)[C@H](C)NC(=O)C(NC(=O)CCN3C(=O)C=CC3=O)C(C)C)cc1)C(=O)N1C[C@H](O)C[C@H]1C(=O)N[C@@H]([C@@H](C)[C@@H](O)CO)C(=O)N2. The van der Waals surface area contributed by atoms with Gasteiger partial charge in [-0.25, -0.2) is 0 Å². The van der Waals surface area contributed by atoms with Crippen molar-refractivity contribution in [1.29, 1.82) is 0 Å². The molecule has 2 aromatic carbocycles. The van der Waals surface area contributed by atoms with Gasteiger partial charge in [-0.15, -0.1) is 11.8 Å². The Labute approximate surface area is 538 Å². The summed E-state index contributed by atoms with van der Waals surface area (Å²) in [5.74, 6) is -14.0. The number of nitrogens with one attached hydrogen (secondary N) is 12. The van der Waals surface area contributed by atoms with Crippen molar-refractivity contribution >= 4 is 111 Å². The lowest BCUT2D eigenvalue weighted by Crippen LogP contribution is -2.62. The van der Waals surface area contributed by atoms with Crippen molar-refractivity contribution in [1.82, 2.24) is 68.0 Å². The van der Waals surface area contributed by atoms with E-state index in [9.17, 15) is 77.6 Å². The number of benzene rings is 2. The number of carbonyl (C=O) groups excluding carboxylic acids is 14. The molecule has 2 bridgehead atoms. The number of hydrogen-bond acceptors (Lipinski definition) is 18. The molecule has 0 saturated carbocycles. The Morgan fingerprint density at radius 3 is 2.05 bits per heavy atom. The highest BCUT2D eigenvalue weighted by Crippen LogP contribution is 2.32. The molecule has 3 aromatic rings. The standard InChI is InChI=1S/C61H80N14O17S/c1-7-30(4)51-57(89)64-24-46(81)67-41-28-93-60-37(36-10-8-9-11-38(36)70-60)21-39(54(86)63-25-47(82)72-51)68-59(91)52(31(5)43(78)27-76)73-56(88)42-20-35(77)26-75(42)61(92)40(69-55(41)87)22-45(80)62-23-33-12-14-34(15-13-33)66-53(85)32(6)65-58(90)50(29(2)3)71-44(79)18-19-74-48(83)16-17-49(74)84/h8-17,29-32,35,39-43,50-52,70,76-78H,7,18-28H2,1-6H3,(H,62,80)(H,63,86)(H,64,89)(H,65,90)(H,66,85)(H,67,81)(H,68,91)(H,69,87)(H,71,79)(H,72,82)(H,73,88)/t30-,31-,32-,35+,39?,40-,41?,42-,43-,50?,51-,52-/m0/s1. The molecule has 3 unspecified atom stereocenters. The second-order valence-corrected chi connectivity index (χ2v) is 24.7. The summed E-state index contributed by atoms with van der Waals surface area (Å²) in [5, 5.41) is 61.5. The Morgan fingerprint density at radius 1 is 0.720 bits per heavy atom. The van der Waals surface area contributed by atoms with E-state index in [1.165, 1.54) is 26.0 Å². The normalized spacial score (nSPS) is 23.7. The maximum absolute atomic E-state index is 15.0. The minimum atomic E-state index is -1.84. The van der Waals surface area contributed by atoms with E-state index in [1.54, 1.807) is 64.1 Å². The summed E-state index contributed by atoms with van der Waals surface area (Å²) in [6.45, 7) is 6.32. The maximum atomic E-state index is 15.0. The third-order valence-electron chi connectivity index (χ3n) is 16.5. The Kier molecular flexibility index (Phi) is 24.7. The number of aliphatic hydroxyl groups excluding tert-OH is 3. The molecule has 4 aliphatic heterocycles. The van der Waals surface area contributed by atoms with Gasteiger partial charge in [0, 0.05) is 79.3 Å². The van der Waals surface area contributed by atoms with Crippen molar-refractivity contribution in [2.75, 3.05) is 43.9 Å². The fourth-order valence-electron chi connectivity index (χ4n) is 10.7. The molecule has 502 valence electrons. The van der Waals surface area contributed by atoms with Crippen LogP contribution in [-0.2, 0) is 80.1 Å². The topological polar surface area (TPSA) is 454 Å². The lowest BCUT2D eigenvalue weighted by atomic mass is 9.93.